The first-order chi connectivity index (χ1) is 8.43. The van der Waals surface area contributed by atoms with Gasteiger partial charge in [0, 0.05) is 26.7 Å². The van der Waals surface area contributed by atoms with Crippen molar-refractivity contribution in [3.05, 3.63) is 11.8 Å². The molecule has 0 unspecified atom stereocenters. The van der Waals surface area contributed by atoms with Crippen molar-refractivity contribution in [1.82, 2.24) is 0 Å². The van der Waals surface area contributed by atoms with Gasteiger partial charge in [0.15, 0.2) is 0 Å². The molecule has 0 N–H and O–H groups in total. The average Bonchev–Trinajstić information content (AvgIpc) is 2.25. The van der Waals surface area contributed by atoms with Gasteiger partial charge in [-0.05, 0) is 12.8 Å². The zero-order valence-corrected chi connectivity index (χ0v) is 11.2. The smallest absolute Gasteiger partial charge is 0.337 e. The van der Waals surface area contributed by atoms with Gasteiger partial charge in [-0.3, -0.25) is 4.79 Å². The quantitative estimate of drug-likeness (QED) is 0.539. The van der Waals surface area contributed by atoms with E-state index in [1.807, 2.05) is 0 Å². The van der Waals surface area contributed by atoms with Gasteiger partial charge in [0.1, 0.15) is 5.76 Å². The van der Waals surface area contributed by atoms with Crippen LogP contribution in [0.5, 0.6) is 0 Å². The first-order valence-corrected chi connectivity index (χ1v) is 6.12. The highest BCUT2D eigenvalue weighted by molar-refractivity contribution is 5.83. The standard InChI is InChI=1S/C13H20O5/c1-13(2)17-10(9-12(15)18-13)7-5-4-6-8-11(14)16-3/h9H,4-8H2,1-3H3. The molecule has 1 aliphatic heterocycles. The van der Waals surface area contributed by atoms with Gasteiger partial charge in [0.25, 0.3) is 0 Å². The number of unbranched alkanes of at least 4 members (excludes halogenated alkanes) is 2. The van der Waals surface area contributed by atoms with E-state index in [2.05, 4.69) is 4.74 Å². The molecule has 0 aromatic carbocycles. The second kappa shape index (κ2) is 6.42. The van der Waals surface area contributed by atoms with Crippen LogP contribution in [0.1, 0.15) is 46.0 Å². The fourth-order valence-corrected chi connectivity index (χ4v) is 1.74. The van der Waals surface area contributed by atoms with E-state index in [9.17, 15) is 9.59 Å². The fraction of sp³-hybridized carbons (Fsp3) is 0.692. The van der Waals surface area contributed by atoms with Crippen LogP contribution in [0.25, 0.3) is 0 Å². The van der Waals surface area contributed by atoms with Crippen LogP contribution in [0.15, 0.2) is 11.8 Å². The lowest BCUT2D eigenvalue weighted by molar-refractivity contribution is -0.206. The van der Waals surface area contributed by atoms with E-state index in [0.717, 1.165) is 19.3 Å². The summed E-state index contributed by atoms with van der Waals surface area (Å²) in [5.74, 6) is -0.786. The molecule has 0 aromatic rings. The van der Waals surface area contributed by atoms with Crippen molar-refractivity contribution < 1.29 is 23.8 Å². The highest BCUT2D eigenvalue weighted by atomic mass is 16.7. The summed E-state index contributed by atoms with van der Waals surface area (Å²) in [6.45, 7) is 3.41. The summed E-state index contributed by atoms with van der Waals surface area (Å²) in [6.07, 6.45) is 5.04. The van der Waals surface area contributed by atoms with Crippen molar-refractivity contribution in [2.45, 2.75) is 51.7 Å². The van der Waals surface area contributed by atoms with E-state index < -0.39 is 5.79 Å². The molecule has 0 aromatic heterocycles. The van der Waals surface area contributed by atoms with Gasteiger partial charge in [0.2, 0.25) is 5.79 Å². The van der Waals surface area contributed by atoms with Crippen molar-refractivity contribution in [2.75, 3.05) is 7.11 Å². The summed E-state index contributed by atoms with van der Waals surface area (Å²) in [5.41, 5.74) is 0. The third-order valence-corrected chi connectivity index (χ3v) is 2.53. The Balaban J connectivity index is 2.23. The first kappa shape index (κ1) is 14.5. The summed E-state index contributed by atoms with van der Waals surface area (Å²) in [5, 5.41) is 0. The zero-order valence-electron chi connectivity index (χ0n) is 11.2. The summed E-state index contributed by atoms with van der Waals surface area (Å²) in [6, 6.07) is 0. The summed E-state index contributed by atoms with van der Waals surface area (Å²) < 4.78 is 15.1. The number of hydrogen-bond donors (Lipinski definition) is 0. The number of hydrogen-bond acceptors (Lipinski definition) is 5. The minimum atomic E-state index is -0.882. The molecule has 0 amide bonds. The SMILES string of the molecule is COC(=O)CCCCCC1=CC(=O)OC(C)(C)O1. The average molecular weight is 256 g/mol. The van der Waals surface area contributed by atoms with Gasteiger partial charge in [-0.1, -0.05) is 6.42 Å². The van der Waals surface area contributed by atoms with Crippen molar-refractivity contribution in [3.63, 3.8) is 0 Å². The molecule has 0 aliphatic carbocycles. The van der Waals surface area contributed by atoms with Crippen LogP contribution in [0.3, 0.4) is 0 Å². The maximum Gasteiger partial charge on any atom is 0.337 e. The molecule has 5 nitrogen and oxygen atoms in total. The third-order valence-electron chi connectivity index (χ3n) is 2.53. The van der Waals surface area contributed by atoms with E-state index in [-0.39, 0.29) is 11.9 Å². The number of cyclic esters (lactones) is 1. The predicted octanol–water partition coefficient (Wildman–Crippen LogP) is 2.30. The molecule has 1 rings (SSSR count). The van der Waals surface area contributed by atoms with Crippen molar-refractivity contribution in [2.24, 2.45) is 0 Å². The number of allylic oxidation sites excluding steroid dienone is 1. The Morgan fingerprint density at radius 1 is 1.28 bits per heavy atom. The largest absolute Gasteiger partial charge is 0.469 e. The molecule has 0 saturated heterocycles. The lowest BCUT2D eigenvalue weighted by Gasteiger charge is -2.30. The summed E-state index contributed by atoms with van der Waals surface area (Å²) >= 11 is 0. The lowest BCUT2D eigenvalue weighted by Crippen LogP contribution is -2.34. The lowest BCUT2D eigenvalue weighted by atomic mass is 10.1. The highest BCUT2D eigenvalue weighted by Crippen LogP contribution is 2.25. The van der Waals surface area contributed by atoms with Gasteiger partial charge in [-0.25, -0.2) is 4.79 Å². The number of methoxy groups -OCH3 is 1. The monoisotopic (exact) mass is 256 g/mol. The molecule has 1 heterocycles. The van der Waals surface area contributed by atoms with E-state index in [1.165, 1.54) is 13.2 Å². The second-order valence-corrected chi connectivity index (χ2v) is 4.67. The van der Waals surface area contributed by atoms with E-state index in [0.29, 0.717) is 18.6 Å². The van der Waals surface area contributed by atoms with Crippen molar-refractivity contribution in [3.8, 4) is 0 Å². The van der Waals surface area contributed by atoms with Gasteiger partial charge < -0.3 is 14.2 Å². The first-order valence-electron chi connectivity index (χ1n) is 6.12. The second-order valence-electron chi connectivity index (χ2n) is 4.67. The van der Waals surface area contributed by atoms with Gasteiger partial charge in [-0.15, -0.1) is 0 Å². The maximum atomic E-state index is 11.3. The number of carbonyl (C=O) groups excluding carboxylic acids is 2. The molecule has 102 valence electrons. The normalized spacial score (nSPS) is 17.5. The van der Waals surface area contributed by atoms with E-state index in [1.54, 1.807) is 13.8 Å². The minimum absolute atomic E-state index is 0.187. The molecule has 0 saturated carbocycles. The van der Waals surface area contributed by atoms with Crippen LogP contribution in [-0.4, -0.2) is 24.8 Å². The van der Waals surface area contributed by atoms with Crippen molar-refractivity contribution in [1.29, 1.82) is 0 Å². The predicted molar refractivity (Wildman–Crippen MR) is 64.4 cm³/mol. The van der Waals surface area contributed by atoms with Crippen LogP contribution in [-0.2, 0) is 23.8 Å². The molecule has 0 bridgehead atoms. The molecule has 0 spiro atoms. The van der Waals surface area contributed by atoms with Crippen LogP contribution >= 0.6 is 0 Å². The number of ether oxygens (including phenoxy) is 3. The Morgan fingerprint density at radius 2 is 2.00 bits per heavy atom. The van der Waals surface area contributed by atoms with Crippen LogP contribution in [0.4, 0.5) is 0 Å². The Labute approximate surface area is 107 Å². The molecule has 0 radical (unpaired) electrons. The van der Waals surface area contributed by atoms with E-state index in [4.69, 9.17) is 9.47 Å². The Hall–Kier alpha value is -1.52. The summed E-state index contributed by atoms with van der Waals surface area (Å²) in [7, 11) is 1.39. The molecule has 5 heteroatoms. The molecular formula is C13H20O5. The van der Waals surface area contributed by atoms with Gasteiger partial charge in [-0.2, -0.15) is 0 Å². The highest BCUT2D eigenvalue weighted by Gasteiger charge is 2.29. The fourth-order valence-electron chi connectivity index (χ4n) is 1.74. The van der Waals surface area contributed by atoms with Crippen LogP contribution in [0, 0.1) is 0 Å². The number of carbonyl (C=O) groups is 2. The molecule has 18 heavy (non-hydrogen) atoms. The topological polar surface area (TPSA) is 61.8 Å². The van der Waals surface area contributed by atoms with E-state index >= 15 is 0 Å². The van der Waals surface area contributed by atoms with Gasteiger partial charge >= 0.3 is 11.9 Å². The summed E-state index contributed by atoms with van der Waals surface area (Å²) in [4.78, 5) is 22.2. The Kier molecular flexibility index (Phi) is 5.19. The van der Waals surface area contributed by atoms with Crippen LogP contribution < -0.4 is 0 Å². The number of rotatable bonds is 6. The Bertz CT molecular complexity index is 343. The Morgan fingerprint density at radius 3 is 2.61 bits per heavy atom. The third kappa shape index (κ3) is 5.21. The molecule has 0 atom stereocenters. The van der Waals surface area contributed by atoms with Gasteiger partial charge in [0.05, 0.1) is 13.2 Å². The number of esters is 2. The zero-order chi connectivity index (χ0) is 13.6. The molecule has 1 aliphatic rings. The maximum absolute atomic E-state index is 11.3. The van der Waals surface area contributed by atoms with Crippen molar-refractivity contribution >= 4 is 11.9 Å². The molecule has 0 fully saturated rings. The molecular weight excluding hydrogens is 236 g/mol. The minimum Gasteiger partial charge on any atom is -0.469 e. The van der Waals surface area contributed by atoms with Crippen LogP contribution in [0.2, 0.25) is 0 Å².